The number of methoxy groups -OCH3 is 1. The summed E-state index contributed by atoms with van der Waals surface area (Å²) in [5.74, 6) is -1.57. The third-order valence-corrected chi connectivity index (χ3v) is 2.86. The molecule has 0 fully saturated rings. The average molecular weight is 300 g/mol. The molecule has 5 heteroatoms. The number of aryl methyl sites for hydroxylation is 1. The molecule has 4 nitrogen and oxygen atoms in total. The van der Waals surface area contributed by atoms with Crippen LogP contribution in [0.4, 0.5) is 0 Å². The van der Waals surface area contributed by atoms with E-state index in [0.29, 0.717) is 13.0 Å². The molecule has 1 N–H and O–H groups in total. The second kappa shape index (κ2) is 6.39. The van der Waals surface area contributed by atoms with Gasteiger partial charge in [-0.2, -0.15) is 0 Å². The molecule has 1 amide bonds. The van der Waals surface area contributed by atoms with Gasteiger partial charge in [0.2, 0.25) is 0 Å². The lowest BCUT2D eigenvalue weighted by molar-refractivity contribution is -0.152. The summed E-state index contributed by atoms with van der Waals surface area (Å²) in [6, 6.07) is 5.97. The zero-order chi connectivity index (χ0) is 12.8. The Morgan fingerprint density at radius 3 is 2.76 bits per heavy atom. The number of ether oxygens (including phenoxy) is 1. The van der Waals surface area contributed by atoms with E-state index in [1.807, 2.05) is 25.1 Å². The second-order valence-electron chi connectivity index (χ2n) is 3.57. The van der Waals surface area contributed by atoms with Crippen LogP contribution in [0.25, 0.3) is 0 Å². The van der Waals surface area contributed by atoms with Crippen molar-refractivity contribution in [3.05, 3.63) is 33.8 Å². The van der Waals surface area contributed by atoms with Gasteiger partial charge in [-0.25, -0.2) is 4.79 Å². The van der Waals surface area contributed by atoms with Gasteiger partial charge < -0.3 is 10.1 Å². The van der Waals surface area contributed by atoms with E-state index in [2.05, 4.69) is 26.0 Å². The van der Waals surface area contributed by atoms with Gasteiger partial charge in [-0.3, -0.25) is 4.79 Å². The maximum atomic E-state index is 11.1. The Morgan fingerprint density at radius 1 is 1.41 bits per heavy atom. The number of amides is 1. The summed E-state index contributed by atoms with van der Waals surface area (Å²) >= 11 is 3.39. The molecular weight excluding hydrogens is 286 g/mol. The minimum absolute atomic E-state index is 0.408. The monoisotopic (exact) mass is 299 g/mol. The number of carbonyl (C=O) groups is 2. The van der Waals surface area contributed by atoms with Crippen LogP contribution < -0.4 is 5.32 Å². The highest BCUT2D eigenvalue weighted by Crippen LogP contribution is 2.16. The summed E-state index contributed by atoms with van der Waals surface area (Å²) in [6.07, 6.45) is 0.675. The van der Waals surface area contributed by atoms with E-state index in [1.165, 1.54) is 7.11 Å². The van der Waals surface area contributed by atoms with E-state index in [1.54, 1.807) is 0 Å². The first-order chi connectivity index (χ1) is 8.04. The number of nitrogens with one attached hydrogen (secondary N) is 1. The summed E-state index contributed by atoms with van der Waals surface area (Å²) < 4.78 is 5.30. The first-order valence-corrected chi connectivity index (χ1v) is 5.95. The lowest BCUT2D eigenvalue weighted by Gasteiger charge is -2.07. The maximum absolute atomic E-state index is 11.1. The van der Waals surface area contributed by atoms with Crippen LogP contribution in [-0.2, 0) is 20.7 Å². The predicted molar refractivity (Wildman–Crippen MR) is 67.6 cm³/mol. The molecule has 0 aliphatic carbocycles. The van der Waals surface area contributed by atoms with Crippen LogP contribution in [-0.4, -0.2) is 25.5 Å². The third-order valence-electron chi connectivity index (χ3n) is 2.36. The SMILES string of the molecule is COC(=O)C(=O)NCCc1cc(Br)ccc1C. The zero-order valence-corrected chi connectivity index (χ0v) is 11.3. The standard InChI is InChI=1S/C12H14BrNO3/c1-8-3-4-10(13)7-9(8)5-6-14-11(15)12(16)17-2/h3-4,7H,5-6H2,1-2H3,(H,14,15). The van der Waals surface area contributed by atoms with Gasteiger partial charge in [0.05, 0.1) is 7.11 Å². The number of benzene rings is 1. The largest absolute Gasteiger partial charge is 0.462 e. The van der Waals surface area contributed by atoms with Gasteiger partial charge in [0.1, 0.15) is 0 Å². The second-order valence-corrected chi connectivity index (χ2v) is 4.48. The molecule has 0 radical (unpaired) electrons. The van der Waals surface area contributed by atoms with Crippen LogP contribution in [0.2, 0.25) is 0 Å². The molecule has 0 unspecified atom stereocenters. The van der Waals surface area contributed by atoms with E-state index in [0.717, 1.165) is 15.6 Å². The summed E-state index contributed by atoms with van der Waals surface area (Å²) in [7, 11) is 1.18. The van der Waals surface area contributed by atoms with Crippen molar-refractivity contribution in [2.75, 3.05) is 13.7 Å². The Balaban J connectivity index is 2.48. The van der Waals surface area contributed by atoms with Gasteiger partial charge in [0, 0.05) is 11.0 Å². The van der Waals surface area contributed by atoms with Gasteiger partial charge in [0.25, 0.3) is 0 Å². The van der Waals surface area contributed by atoms with Gasteiger partial charge in [0.15, 0.2) is 0 Å². The molecule has 17 heavy (non-hydrogen) atoms. The van der Waals surface area contributed by atoms with E-state index < -0.39 is 11.9 Å². The Morgan fingerprint density at radius 2 is 2.12 bits per heavy atom. The molecule has 1 aromatic carbocycles. The highest BCUT2D eigenvalue weighted by Gasteiger charge is 2.12. The van der Waals surface area contributed by atoms with Crippen LogP contribution in [0.15, 0.2) is 22.7 Å². The normalized spacial score (nSPS) is 9.82. The van der Waals surface area contributed by atoms with Gasteiger partial charge in [-0.15, -0.1) is 0 Å². The number of esters is 1. The lowest BCUT2D eigenvalue weighted by Crippen LogP contribution is -2.33. The number of halogens is 1. The van der Waals surface area contributed by atoms with E-state index in [9.17, 15) is 9.59 Å². The summed E-state index contributed by atoms with van der Waals surface area (Å²) in [6.45, 7) is 2.41. The Kier molecular flexibility index (Phi) is 5.15. The van der Waals surface area contributed by atoms with Crippen molar-refractivity contribution in [2.24, 2.45) is 0 Å². The topological polar surface area (TPSA) is 55.4 Å². The summed E-state index contributed by atoms with van der Waals surface area (Å²) in [5.41, 5.74) is 2.28. The Labute approximate surface area is 108 Å². The lowest BCUT2D eigenvalue weighted by atomic mass is 10.1. The van der Waals surface area contributed by atoms with Crippen LogP contribution in [0.5, 0.6) is 0 Å². The predicted octanol–water partition coefficient (Wildman–Crippen LogP) is 1.59. The smallest absolute Gasteiger partial charge is 0.396 e. The molecule has 0 saturated heterocycles. The highest BCUT2D eigenvalue weighted by atomic mass is 79.9. The molecule has 0 spiro atoms. The molecule has 1 aromatic rings. The fraction of sp³-hybridized carbons (Fsp3) is 0.333. The van der Waals surface area contributed by atoms with Gasteiger partial charge >= 0.3 is 11.9 Å². The molecule has 1 rings (SSSR count). The summed E-state index contributed by atoms with van der Waals surface area (Å²) in [4.78, 5) is 22.0. The number of rotatable bonds is 3. The molecule has 0 heterocycles. The quantitative estimate of drug-likeness (QED) is 0.681. The van der Waals surface area contributed by atoms with Gasteiger partial charge in [-0.1, -0.05) is 22.0 Å². The molecule has 0 aromatic heterocycles. The van der Waals surface area contributed by atoms with Crippen molar-refractivity contribution >= 4 is 27.8 Å². The van der Waals surface area contributed by atoms with Crippen molar-refractivity contribution in [1.82, 2.24) is 5.32 Å². The minimum atomic E-state index is -0.865. The van der Waals surface area contributed by atoms with Crippen LogP contribution in [0.1, 0.15) is 11.1 Å². The number of carbonyl (C=O) groups excluding carboxylic acids is 2. The Hall–Kier alpha value is -1.36. The molecular formula is C12H14BrNO3. The van der Waals surface area contributed by atoms with E-state index in [-0.39, 0.29) is 0 Å². The van der Waals surface area contributed by atoms with Crippen molar-refractivity contribution < 1.29 is 14.3 Å². The molecule has 0 aliphatic heterocycles. The molecule has 0 aliphatic rings. The molecule has 0 saturated carbocycles. The van der Waals surface area contributed by atoms with Crippen molar-refractivity contribution in [3.63, 3.8) is 0 Å². The Bertz CT molecular complexity index is 432. The maximum Gasteiger partial charge on any atom is 0.396 e. The molecule has 0 bridgehead atoms. The van der Waals surface area contributed by atoms with Crippen molar-refractivity contribution in [2.45, 2.75) is 13.3 Å². The summed E-state index contributed by atoms with van der Waals surface area (Å²) in [5, 5.41) is 2.50. The van der Waals surface area contributed by atoms with Gasteiger partial charge in [-0.05, 0) is 36.6 Å². The first-order valence-electron chi connectivity index (χ1n) is 5.15. The van der Waals surface area contributed by atoms with Crippen LogP contribution >= 0.6 is 15.9 Å². The third kappa shape index (κ3) is 4.19. The van der Waals surface area contributed by atoms with Crippen LogP contribution in [0, 0.1) is 6.92 Å². The fourth-order valence-electron chi connectivity index (χ4n) is 1.38. The minimum Gasteiger partial charge on any atom is -0.462 e. The van der Waals surface area contributed by atoms with Crippen LogP contribution in [0.3, 0.4) is 0 Å². The van der Waals surface area contributed by atoms with E-state index in [4.69, 9.17) is 0 Å². The zero-order valence-electron chi connectivity index (χ0n) is 9.75. The van der Waals surface area contributed by atoms with E-state index >= 15 is 0 Å². The number of hydrogen-bond acceptors (Lipinski definition) is 3. The number of hydrogen-bond donors (Lipinski definition) is 1. The van der Waals surface area contributed by atoms with Crippen molar-refractivity contribution in [1.29, 1.82) is 0 Å². The fourth-order valence-corrected chi connectivity index (χ4v) is 1.79. The molecule has 0 atom stereocenters. The first kappa shape index (κ1) is 13.7. The highest BCUT2D eigenvalue weighted by molar-refractivity contribution is 9.10. The van der Waals surface area contributed by atoms with Crippen molar-refractivity contribution in [3.8, 4) is 0 Å². The molecule has 92 valence electrons. The average Bonchev–Trinajstić information content (AvgIpc) is 2.32.